The number of rotatable bonds is 8. The second kappa shape index (κ2) is 9.62. The molecule has 5 heteroatoms. The largest absolute Gasteiger partial charge is 0.493 e. The molecule has 2 rings (SSSR count). The van der Waals surface area contributed by atoms with Crippen LogP contribution in [-0.4, -0.2) is 24.5 Å². The molecule has 0 saturated carbocycles. The Morgan fingerprint density at radius 3 is 2.65 bits per heavy atom. The minimum absolute atomic E-state index is 0.131. The fourth-order valence-corrected chi connectivity index (χ4v) is 3.17. The highest BCUT2D eigenvalue weighted by Crippen LogP contribution is 2.27. The lowest BCUT2D eigenvalue weighted by Gasteiger charge is -2.25. The Labute approximate surface area is 159 Å². The molecular weight excluding hydrogens is 349 g/mol. The number of benzene rings is 2. The zero-order valence-electron chi connectivity index (χ0n) is 15.8. The van der Waals surface area contributed by atoms with Crippen LogP contribution in [-0.2, 0) is 11.3 Å². The number of anilines is 1. The van der Waals surface area contributed by atoms with Gasteiger partial charge in [-0.15, -0.1) is 0 Å². The zero-order valence-corrected chi connectivity index (χ0v) is 16.7. The van der Waals surface area contributed by atoms with E-state index in [2.05, 4.69) is 6.26 Å². The van der Waals surface area contributed by atoms with Crippen molar-refractivity contribution >= 4 is 23.4 Å². The van der Waals surface area contributed by atoms with Crippen LogP contribution >= 0.6 is 11.8 Å². The molecule has 2 aromatic carbocycles. The second-order valence-corrected chi connectivity index (χ2v) is 7.33. The summed E-state index contributed by atoms with van der Waals surface area (Å²) in [6.45, 7) is 6.36. The van der Waals surface area contributed by atoms with Gasteiger partial charge in [0.1, 0.15) is 11.6 Å². The summed E-state index contributed by atoms with van der Waals surface area (Å²) < 4.78 is 19.7. The average Bonchev–Trinajstić information content (AvgIpc) is 2.60. The molecule has 0 N–H and O–H groups in total. The molecule has 0 unspecified atom stereocenters. The number of hydrogen-bond acceptors (Lipinski definition) is 3. The standard InChI is InChI=1S/C21H26FNO2S/c1-15-6-9-21(25-10-5-11-26-4)18(12-15)14-23(17(3)24)20-13-19(22)8-7-16(20)2/h6-9,12-13H,5,10-11,14H2,1-4H3. The molecule has 0 atom stereocenters. The average molecular weight is 376 g/mol. The van der Waals surface area contributed by atoms with Crippen LogP contribution in [0.2, 0.25) is 0 Å². The zero-order chi connectivity index (χ0) is 19.1. The van der Waals surface area contributed by atoms with Crippen molar-refractivity contribution in [3.63, 3.8) is 0 Å². The number of nitrogens with zero attached hydrogens (tertiary/aromatic N) is 1. The number of ether oxygens (including phenoxy) is 1. The van der Waals surface area contributed by atoms with Gasteiger partial charge in [0.2, 0.25) is 5.91 Å². The normalized spacial score (nSPS) is 10.7. The van der Waals surface area contributed by atoms with Crippen molar-refractivity contribution in [2.75, 3.05) is 23.5 Å². The Balaban J connectivity index is 2.29. The molecule has 0 fully saturated rings. The van der Waals surface area contributed by atoms with Crippen LogP contribution in [0.4, 0.5) is 10.1 Å². The van der Waals surface area contributed by atoms with Crippen molar-refractivity contribution in [3.05, 3.63) is 58.9 Å². The van der Waals surface area contributed by atoms with Gasteiger partial charge < -0.3 is 9.64 Å². The van der Waals surface area contributed by atoms with Crippen molar-refractivity contribution in [1.82, 2.24) is 0 Å². The number of halogens is 1. The Morgan fingerprint density at radius 1 is 1.19 bits per heavy atom. The van der Waals surface area contributed by atoms with Crippen molar-refractivity contribution in [2.24, 2.45) is 0 Å². The van der Waals surface area contributed by atoms with E-state index in [1.165, 1.54) is 19.1 Å². The minimum Gasteiger partial charge on any atom is -0.493 e. The number of amides is 1. The summed E-state index contributed by atoms with van der Waals surface area (Å²) >= 11 is 1.79. The third kappa shape index (κ3) is 5.49. The van der Waals surface area contributed by atoms with Gasteiger partial charge in [0.15, 0.2) is 0 Å². The molecule has 3 nitrogen and oxygen atoms in total. The molecular formula is C21H26FNO2S. The molecule has 140 valence electrons. The highest BCUT2D eigenvalue weighted by Gasteiger charge is 2.17. The monoisotopic (exact) mass is 375 g/mol. The van der Waals surface area contributed by atoms with Gasteiger partial charge >= 0.3 is 0 Å². The van der Waals surface area contributed by atoms with E-state index in [0.29, 0.717) is 18.8 Å². The van der Waals surface area contributed by atoms with E-state index in [0.717, 1.165) is 34.6 Å². The van der Waals surface area contributed by atoms with Crippen molar-refractivity contribution in [1.29, 1.82) is 0 Å². The summed E-state index contributed by atoms with van der Waals surface area (Å²) in [4.78, 5) is 13.9. The smallest absolute Gasteiger partial charge is 0.224 e. The molecule has 0 spiro atoms. The van der Waals surface area contributed by atoms with Gasteiger partial charge in [-0.3, -0.25) is 4.79 Å². The fourth-order valence-electron chi connectivity index (χ4n) is 2.77. The maximum absolute atomic E-state index is 13.7. The van der Waals surface area contributed by atoms with Crippen LogP contribution in [0.25, 0.3) is 0 Å². The van der Waals surface area contributed by atoms with Gasteiger partial charge in [0, 0.05) is 18.2 Å². The Hall–Kier alpha value is -2.01. The first-order valence-electron chi connectivity index (χ1n) is 8.68. The molecule has 0 aliphatic heterocycles. The lowest BCUT2D eigenvalue weighted by atomic mass is 10.1. The predicted molar refractivity (Wildman–Crippen MR) is 108 cm³/mol. The van der Waals surface area contributed by atoms with Crippen molar-refractivity contribution < 1.29 is 13.9 Å². The van der Waals surface area contributed by atoms with Crippen LogP contribution in [0.3, 0.4) is 0 Å². The lowest BCUT2D eigenvalue weighted by Crippen LogP contribution is -2.29. The number of carbonyl (C=O) groups excluding carboxylic acids is 1. The van der Waals surface area contributed by atoms with Gasteiger partial charge in [-0.05, 0) is 56.0 Å². The molecule has 0 radical (unpaired) electrons. The SMILES string of the molecule is CSCCCOc1ccc(C)cc1CN(C(C)=O)c1cc(F)ccc1C. The number of hydrogen-bond donors (Lipinski definition) is 0. The topological polar surface area (TPSA) is 29.5 Å². The van der Waals surface area contributed by atoms with E-state index in [1.807, 2.05) is 32.0 Å². The van der Waals surface area contributed by atoms with Crippen LogP contribution in [0, 0.1) is 19.7 Å². The fraction of sp³-hybridized carbons (Fsp3) is 0.381. The minimum atomic E-state index is -0.352. The molecule has 0 saturated heterocycles. The molecule has 0 heterocycles. The summed E-state index contributed by atoms with van der Waals surface area (Å²) in [6, 6.07) is 10.5. The highest BCUT2D eigenvalue weighted by molar-refractivity contribution is 7.98. The summed E-state index contributed by atoms with van der Waals surface area (Å²) in [5.74, 6) is 1.34. The number of thioether (sulfide) groups is 1. The molecule has 0 aliphatic rings. The number of carbonyl (C=O) groups is 1. The molecule has 1 amide bonds. The van der Waals surface area contributed by atoms with Gasteiger partial charge in [-0.25, -0.2) is 4.39 Å². The molecule has 26 heavy (non-hydrogen) atoms. The van der Waals surface area contributed by atoms with Crippen LogP contribution < -0.4 is 9.64 Å². The molecule has 0 aromatic heterocycles. The van der Waals surface area contributed by atoms with Crippen LogP contribution in [0.5, 0.6) is 5.75 Å². The van der Waals surface area contributed by atoms with E-state index in [9.17, 15) is 9.18 Å². The third-order valence-corrected chi connectivity index (χ3v) is 4.83. The van der Waals surface area contributed by atoms with E-state index >= 15 is 0 Å². The third-order valence-electron chi connectivity index (χ3n) is 4.14. The van der Waals surface area contributed by atoms with E-state index in [1.54, 1.807) is 22.7 Å². The predicted octanol–water partition coefficient (Wildman–Crippen LogP) is 5.13. The maximum atomic E-state index is 13.7. The van der Waals surface area contributed by atoms with E-state index in [4.69, 9.17) is 4.74 Å². The maximum Gasteiger partial charge on any atom is 0.224 e. The second-order valence-electron chi connectivity index (χ2n) is 6.34. The van der Waals surface area contributed by atoms with Crippen LogP contribution in [0.1, 0.15) is 30.0 Å². The Morgan fingerprint density at radius 2 is 1.96 bits per heavy atom. The first kappa shape index (κ1) is 20.3. The lowest BCUT2D eigenvalue weighted by molar-refractivity contribution is -0.116. The first-order valence-corrected chi connectivity index (χ1v) is 10.1. The highest BCUT2D eigenvalue weighted by atomic mass is 32.2. The van der Waals surface area contributed by atoms with Crippen LogP contribution in [0.15, 0.2) is 36.4 Å². The Bertz CT molecular complexity index is 764. The summed E-state index contributed by atoms with van der Waals surface area (Å²) in [5.41, 5.74) is 3.47. The quantitative estimate of drug-likeness (QED) is 0.599. The molecule has 0 bridgehead atoms. The first-order chi connectivity index (χ1) is 12.4. The van der Waals surface area contributed by atoms with Gasteiger partial charge in [0.25, 0.3) is 0 Å². The summed E-state index contributed by atoms with van der Waals surface area (Å²) in [5, 5.41) is 0. The number of aryl methyl sites for hydroxylation is 2. The van der Waals surface area contributed by atoms with Crippen molar-refractivity contribution in [2.45, 2.75) is 33.7 Å². The van der Waals surface area contributed by atoms with E-state index < -0.39 is 0 Å². The summed E-state index contributed by atoms with van der Waals surface area (Å²) in [6.07, 6.45) is 3.04. The molecule has 0 aliphatic carbocycles. The van der Waals surface area contributed by atoms with Crippen molar-refractivity contribution in [3.8, 4) is 5.75 Å². The Kier molecular flexibility index (Phi) is 7.51. The van der Waals surface area contributed by atoms with E-state index in [-0.39, 0.29) is 11.7 Å². The molecule has 2 aromatic rings. The summed E-state index contributed by atoms with van der Waals surface area (Å²) in [7, 11) is 0. The van der Waals surface area contributed by atoms with Gasteiger partial charge in [-0.1, -0.05) is 23.8 Å². The van der Waals surface area contributed by atoms with Gasteiger partial charge in [-0.2, -0.15) is 11.8 Å². The van der Waals surface area contributed by atoms with Gasteiger partial charge in [0.05, 0.1) is 13.2 Å².